The molecule has 0 amide bonds. The molecule has 176 valence electrons. The van der Waals surface area contributed by atoms with Gasteiger partial charge in [-0.2, -0.15) is 0 Å². The molecule has 5 heteroatoms. The summed E-state index contributed by atoms with van der Waals surface area (Å²) < 4.78 is 12.8. The van der Waals surface area contributed by atoms with Crippen LogP contribution in [0.25, 0.3) is 11.1 Å². The quantitative estimate of drug-likeness (QED) is 0.393. The van der Waals surface area contributed by atoms with Crippen molar-refractivity contribution in [1.82, 2.24) is 0 Å². The maximum absolute atomic E-state index is 6.46. The van der Waals surface area contributed by atoms with E-state index >= 15 is 0 Å². The molecule has 0 fully saturated rings. The van der Waals surface area contributed by atoms with Gasteiger partial charge in [0.2, 0.25) is 0 Å². The Bertz CT molecular complexity index is 1300. The van der Waals surface area contributed by atoms with Crippen molar-refractivity contribution in [2.45, 2.75) is 0 Å². The number of likely N-dealkylation sites (N-methyl/N-ethyl adjacent to an activating group) is 2. The van der Waals surface area contributed by atoms with E-state index in [4.69, 9.17) is 9.47 Å². The van der Waals surface area contributed by atoms with Gasteiger partial charge in [-0.05, 0) is 36.0 Å². The van der Waals surface area contributed by atoms with Gasteiger partial charge in [-0.25, -0.2) is 0 Å². The number of nitrogens with zero attached hydrogens (tertiary/aromatic N) is 2. The van der Waals surface area contributed by atoms with E-state index in [1.807, 2.05) is 0 Å². The molecule has 35 heavy (non-hydrogen) atoms. The Morgan fingerprint density at radius 3 is 1.80 bits per heavy atom. The monoisotopic (exact) mass is 480 g/mol. The maximum atomic E-state index is 6.46. The van der Waals surface area contributed by atoms with Crippen LogP contribution in [0.4, 0.5) is 11.4 Å². The molecule has 2 aliphatic rings. The summed E-state index contributed by atoms with van der Waals surface area (Å²) in [7, 11) is 3.47. The SMILES string of the molecule is CN1CCOc2c(-c3c(P(c4ccccc4)c4ccccc4)ccc4c3OCCN4C)cccc21. The second-order valence-corrected chi connectivity index (χ2v) is 11.2. The highest BCUT2D eigenvalue weighted by Crippen LogP contribution is 2.50. The Morgan fingerprint density at radius 2 is 1.17 bits per heavy atom. The fourth-order valence-corrected chi connectivity index (χ4v) is 7.48. The van der Waals surface area contributed by atoms with Gasteiger partial charge in [0.05, 0.1) is 24.5 Å². The van der Waals surface area contributed by atoms with Gasteiger partial charge >= 0.3 is 0 Å². The lowest BCUT2D eigenvalue weighted by Crippen LogP contribution is -2.32. The van der Waals surface area contributed by atoms with Crippen molar-refractivity contribution >= 4 is 35.2 Å². The first-order valence-electron chi connectivity index (χ1n) is 12.1. The predicted octanol–water partition coefficient (Wildman–Crippen LogP) is 4.77. The summed E-state index contributed by atoms with van der Waals surface area (Å²) >= 11 is 0. The molecule has 2 aliphatic heterocycles. The number of fused-ring (bicyclic) bond motifs is 2. The molecule has 0 unspecified atom stereocenters. The van der Waals surface area contributed by atoms with Crippen LogP contribution in [0.2, 0.25) is 0 Å². The Labute approximate surface area is 208 Å². The van der Waals surface area contributed by atoms with Crippen LogP contribution >= 0.6 is 7.92 Å². The lowest BCUT2D eigenvalue weighted by Gasteiger charge is -2.34. The minimum absolute atomic E-state index is 0.671. The molecule has 0 aromatic heterocycles. The van der Waals surface area contributed by atoms with Gasteiger partial charge in [-0.15, -0.1) is 0 Å². The zero-order valence-corrected chi connectivity index (χ0v) is 21.0. The predicted molar refractivity (Wildman–Crippen MR) is 148 cm³/mol. The molecule has 0 N–H and O–H groups in total. The third kappa shape index (κ3) is 3.92. The number of anilines is 2. The lowest BCUT2D eigenvalue weighted by molar-refractivity contribution is 0.308. The van der Waals surface area contributed by atoms with Crippen LogP contribution in [0, 0.1) is 0 Å². The third-order valence-electron chi connectivity index (χ3n) is 6.82. The van der Waals surface area contributed by atoms with E-state index in [-0.39, 0.29) is 0 Å². The summed E-state index contributed by atoms with van der Waals surface area (Å²) in [5.74, 6) is 1.91. The van der Waals surface area contributed by atoms with Crippen molar-refractivity contribution in [3.8, 4) is 22.6 Å². The third-order valence-corrected chi connectivity index (χ3v) is 9.30. The van der Waals surface area contributed by atoms with Crippen molar-refractivity contribution in [3.63, 3.8) is 0 Å². The Balaban J connectivity index is 1.66. The zero-order valence-electron chi connectivity index (χ0n) is 20.1. The molecule has 0 aliphatic carbocycles. The summed E-state index contributed by atoms with van der Waals surface area (Å²) in [5.41, 5.74) is 4.52. The van der Waals surface area contributed by atoms with Crippen LogP contribution in [-0.2, 0) is 0 Å². The van der Waals surface area contributed by atoms with Crippen LogP contribution in [0.15, 0.2) is 91.0 Å². The standard InChI is InChI=1S/C30H29N2O2P/c1-31-18-20-33-29-24(14-9-15-25(29)31)28-27(17-16-26-30(28)34-21-19-32(26)2)35(22-10-5-3-6-11-22)23-12-7-4-8-13-23/h3-17H,18-21H2,1-2H3. The topological polar surface area (TPSA) is 24.9 Å². The number of hydrogen-bond acceptors (Lipinski definition) is 4. The van der Waals surface area contributed by atoms with Crippen LogP contribution in [0.3, 0.4) is 0 Å². The summed E-state index contributed by atoms with van der Waals surface area (Å²) in [5, 5.41) is 3.93. The van der Waals surface area contributed by atoms with Crippen LogP contribution in [0.5, 0.6) is 11.5 Å². The minimum Gasteiger partial charge on any atom is -0.489 e. The van der Waals surface area contributed by atoms with Crippen LogP contribution < -0.4 is 35.2 Å². The van der Waals surface area contributed by atoms with Crippen LogP contribution in [-0.4, -0.2) is 40.4 Å². The Kier molecular flexibility index (Phi) is 5.83. The number of para-hydroxylation sites is 1. The molecule has 4 aromatic rings. The molecule has 4 nitrogen and oxygen atoms in total. The van der Waals surface area contributed by atoms with Gasteiger partial charge in [0.1, 0.15) is 13.2 Å². The first-order valence-corrected chi connectivity index (χ1v) is 13.4. The molecule has 0 atom stereocenters. The van der Waals surface area contributed by atoms with Gasteiger partial charge in [-0.3, -0.25) is 0 Å². The second-order valence-electron chi connectivity index (χ2n) is 9.01. The molecular formula is C30H29N2O2P. The van der Waals surface area contributed by atoms with Crippen molar-refractivity contribution in [3.05, 3.63) is 91.0 Å². The first kappa shape index (κ1) is 22.0. The Morgan fingerprint density at radius 1 is 0.600 bits per heavy atom. The minimum atomic E-state index is -0.812. The molecule has 0 radical (unpaired) electrons. The van der Waals surface area contributed by atoms with Crippen molar-refractivity contribution in [2.24, 2.45) is 0 Å². The largest absolute Gasteiger partial charge is 0.489 e. The van der Waals surface area contributed by atoms with Crippen LogP contribution in [0.1, 0.15) is 0 Å². The fourth-order valence-electron chi connectivity index (χ4n) is 5.02. The molecule has 0 saturated heterocycles. The molecule has 0 saturated carbocycles. The van der Waals surface area contributed by atoms with Crippen molar-refractivity contribution in [2.75, 3.05) is 50.2 Å². The highest BCUT2D eigenvalue weighted by Gasteiger charge is 2.30. The Hall–Kier alpha value is -3.49. The maximum Gasteiger partial charge on any atom is 0.151 e. The molecule has 0 spiro atoms. The fraction of sp³-hybridized carbons (Fsp3) is 0.200. The number of rotatable bonds is 4. The lowest BCUT2D eigenvalue weighted by atomic mass is 9.99. The molecule has 2 heterocycles. The average molecular weight is 481 g/mol. The van der Waals surface area contributed by atoms with Gasteiger partial charge in [-0.1, -0.05) is 78.9 Å². The van der Waals surface area contributed by atoms with E-state index in [0.717, 1.165) is 47.1 Å². The summed E-state index contributed by atoms with van der Waals surface area (Å²) in [4.78, 5) is 4.57. The summed E-state index contributed by atoms with van der Waals surface area (Å²) in [6.45, 7) is 3.11. The number of hydrogen-bond donors (Lipinski definition) is 0. The molecular weight excluding hydrogens is 451 g/mol. The summed E-state index contributed by atoms with van der Waals surface area (Å²) in [6.07, 6.45) is 0. The second kappa shape index (κ2) is 9.28. The summed E-state index contributed by atoms with van der Waals surface area (Å²) in [6, 6.07) is 32.8. The van der Waals surface area contributed by atoms with Gasteiger partial charge < -0.3 is 19.3 Å². The molecule has 0 bridgehead atoms. The first-order chi connectivity index (χ1) is 17.2. The smallest absolute Gasteiger partial charge is 0.151 e. The van der Waals surface area contributed by atoms with E-state index in [0.29, 0.717) is 13.2 Å². The molecule has 4 aromatic carbocycles. The van der Waals surface area contributed by atoms with Crippen molar-refractivity contribution in [1.29, 1.82) is 0 Å². The van der Waals surface area contributed by atoms with E-state index in [2.05, 4.69) is 115 Å². The number of benzene rings is 4. The molecule has 6 rings (SSSR count). The highest BCUT2D eigenvalue weighted by molar-refractivity contribution is 7.80. The van der Waals surface area contributed by atoms with Crippen molar-refractivity contribution < 1.29 is 9.47 Å². The normalized spacial score (nSPS) is 14.7. The average Bonchev–Trinajstić information content (AvgIpc) is 2.90. The van der Waals surface area contributed by atoms with Gasteiger partial charge in [0, 0.05) is 25.2 Å². The van der Waals surface area contributed by atoms with E-state index < -0.39 is 7.92 Å². The highest BCUT2D eigenvalue weighted by atomic mass is 31.1. The van der Waals surface area contributed by atoms with E-state index in [9.17, 15) is 0 Å². The van der Waals surface area contributed by atoms with Gasteiger partial charge in [0.15, 0.2) is 11.5 Å². The van der Waals surface area contributed by atoms with E-state index in [1.54, 1.807) is 0 Å². The van der Waals surface area contributed by atoms with Gasteiger partial charge in [0.25, 0.3) is 0 Å². The van der Waals surface area contributed by atoms with E-state index in [1.165, 1.54) is 15.9 Å². The number of ether oxygens (including phenoxy) is 2. The zero-order chi connectivity index (χ0) is 23.8.